The second-order valence-corrected chi connectivity index (χ2v) is 3.47. The highest BCUT2D eigenvalue weighted by atomic mass is 16.5. The van der Waals surface area contributed by atoms with Crippen LogP contribution in [0, 0.1) is 0 Å². The fourth-order valence-electron chi connectivity index (χ4n) is 1.25. The number of aromatic nitrogens is 1. The van der Waals surface area contributed by atoms with Gasteiger partial charge in [-0.05, 0) is 12.5 Å². The lowest BCUT2D eigenvalue weighted by atomic mass is 10.1. The van der Waals surface area contributed by atoms with Crippen molar-refractivity contribution in [3.63, 3.8) is 0 Å². The lowest BCUT2D eigenvalue weighted by Gasteiger charge is -2.10. The number of carbonyl (C=O) groups excluding carboxylic acids is 1. The first-order chi connectivity index (χ1) is 7.67. The van der Waals surface area contributed by atoms with E-state index in [0.717, 1.165) is 6.42 Å². The summed E-state index contributed by atoms with van der Waals surface area (Å²) >= 11 is 0. The Hall–Kier alpha value is -1.62. The maximum atomic E-state index is 11.6. The zero-order valence-electron chi connectivity index (χ0n) is 9.56. The molecule has 0 aliphatic carbocycles. The highest BCUT2D eigenvalue weighted by Crippen LogP contribution is 2.11. The number of nitrogens with two attached hydrogens (primary N) is 1. The third-order valence-electron chi connectivity index (χ3n) is 2.15. The minimum Gasteiger partial charge on any atom is -0.481 e. The molecule has 0 saturated carbocycles. The number of pyridine rings is 1. The van der Waals surface area contributed by atoms with Crippen LogP contribution in [-0.2, 0) is 4.79 Å². The van der Waals surface area contributed by atoms with Crippen LogP contribution in [0.4, 0.5) is 5.69 Å². The molecule has 0 saturated heterocycles. The van der Waals surface area contributed by atoms with Gasteiger partial charge in [0.25, 0.3) is 0 Å². The van der Waals surface area contributed by atoms with Gasteiger partial charge < -0.3 is 15.8 Å². The molecule has 0 bridgehead atoms. The fourth-order valence-corrected chi connectivity index (χ4v) is 1.25. The van der Waals surface area contributed by atoms with Crippen molar-refractivity contribution in [2.24, 2.45) is 5.73 Å². The summed E-state index contributed by atoms with van der Waals surface area (Å²) < 4.78 is 4.91. The second-order valence-electron chi connectivity index (χ2n) is 3.47. The molecule has 88 valence electrons. The van der Waals surface area contributed by atoms with Crippen LogP contribution >= 0.6 is 0 Å². The van der Waals surface area contributed by atoms with E-state index in [1.54, 1.807) is 12.1 Å². The van der Waals surface area contributed by atoms with Gasteiger partial charge in [-0.25, -0.2) is 4.98 Å². The van der Waals surface area contributed by atoms with Crippen LogP contribution in [0.15, 0.2) is 18.3 Å². The number of amides is 1. The molecule has 1 heterocycles. The molecule has 1 amide bonds. The van der Waals surface area contributed by atoms with Gasteiger partial charge in [0.05, 0.1) is 25.0 Å². The topological polar surface area (TPSA) is 77.2 Å². The summed E-state index contributed by atoms with van der Waals surface area (Å²) in [6.45, 7) is 1.99. The van der Waals surface area contributed by atoms with Crippen LogP contribution in [0.3, 0.4) is 0 Å². The molecule has 1 atom stereocenters. The summed E-state index contributed by atoms with van der Waals surface area (Å²) in [7, 11) is 1.54. The summed E-state index contributed by atoms with van der Waals surface area (Å²) in [6, 6.07) is 2.94. The Balaban J connectivity index is 2.55. The highest BCUT2D eigenvalue weighted by Gasteiger charge is 2.12. The van der Waals surface area contributed by atoms with Gasteiger partial charge in [0, 0.05) is 6.07 Å². The smallest absolute Gasteiger partial charge is 0.241 e. The summed E-state index contributed by atoms with van der Waals surface area (Å²) in [5, 5.41) is 2.70. The number of anilines is 1. The molecule has 1 aromatic rings. The lowest BCUT2D eigenvalue weighted by molar-refractivity contribution is -0.117. The number of hydrogen-bond donors (Lipinski definition) is 2. The molecule has 0 spiro atoms. The SMILES string of the molecule is CCC[C@@H](N)C(=O)Nc1ccc(OC)nc1. The van der Waals surface area contributed by atoms with E-state index in [2.05, 4.69) is 10.3 Å². The van der Waals surface area contributed by atoms with Crippen molar-refractivity contribution in [1.82, 2.24) is 4.98 Å². The number of hydrogen-bond acceptors (Lipinski definition) is 4. The number of nitrogens with one attached hydrogen (secondary N) is 1. The van der Waals surface area contributed by atoms with Gasteiger partial charge in [0.1, 0.15) is 0 Å². The third-order valence-corrected chi connectivity index (χ3v) is 2.15. The van der Waals surface area contributed by atoms with Crippen molar-refractivity contribution in [2.45, 2.75) is 25.8 Å². The molecule has 0 aromatic carbocycles. The van der Waals surface area contributed by atoms with E-state index in [-0.39, 0.29) is 5.91 Å². The van der Waals surface area contributed by atoms with Crippen LogP contribution in [0.1, 0.15) is 19.8 Å². The normalized spacial score (nSPS) is 11.9. The van der Waals surface area contributed by atoms with Crippen molar-refractivity contribution >= 4 is 11.6 Å². The Kier molecular flexibility index (Phi) is 4.72. The minimum absolute atomic E-state index is 0.186. The van der Waals surface area contributed by atoms with E-state index in [4.69, 9.17) is 10.5 Å². The van der Waals surface area contributed by atoms with Crippen molar-refractivity contribution in [1.29, 1.82) is 0 Å². The highest BCUT2D eigenvalue weighted by molar-refractivity contribution is 5.94. The molecule has 0 unspecified atom stereocenters. The molecule has 1 rings (SSSR count). The van der Waals surface area contributed by atoms with Crippen LogP contribution < -0.4 is 15.8 Å². The van der Waals surface area contributed by atoms with E-state index in [0.29, 0.717) is 18.0 Å². The second kappa shape index (κ2) is 6.07. The van der Waals surface area contributed by atoms with Gasteiger partial charge in [-0.15, -0.1) is 0 Å². The summed E-state index contributed by atoms with van der Waals surface area (Å²) in [5.41, 5.74) is 6.30. The molecular weight excluding hydrogens is 206 g/mol. The lowest BCUT2D eigenvalue weighted by Crippen LogP contribution is -2.35. The van der Waals surface area contributed by atoms with Crippen molar-refractivity contribution in [3.8, 4) is 5.88 Å². The van der Waals surface area contributed by atoms with Crippen molar-refractivity contribution in [3.05, 3.63) is 18.3 Å². The molecule has 0 aliphatic heterocycles. The number of nitrogens with zero attached hydrogens (tertiary/aromatic N) is 1. The van der Waals surface area contributed by atoms with Crippen LogP contribution in [0.5, 0.6) is 5.88 Å². The van der Waals surface area contributed by atoms with E-state index in [1.807, 2.05) is 6.92 Å². The first kappa shape index (κ1) is 12.4. The van der Waals surface area contributed by atoms with Gasteiger partial charge >= 0.3 is 0 Å². The summed E-state index contributed by atoms with van der Waals surface area (Å²) in [4.78, 5) is 15.5. The van der Waals surface area contributed by atoms with Gasteiger partial charge in [-0.2, -0.15) is 0 Å². The molecule has 0 fully saturated rings. The minimum atomic E-state index is -0.466. The maximum absolute atomic E-state index is 11.6. The molecule has 5 heteroatoms. The number of carbonyl (C=O) groups is 1. The Morgan fingerprint density at radius 1 is 1.62 bits per heavy atom. The van der Waals surface area contributed by atoms with Crippen molar-refractivity contribution < 1.29 is 9.53 Å². The summed E-state index contributed by atoms with van der Waals surface area (Å²) in [5.74, 6) is 0.324. The zero-order valence-corrected chi connectivity index (χ0v) is 9.56. The number of ether oxygens (including phenoxy) is 1. The molecule has 1 aromatic heterocycles. The predicted octanol–water partition coefficient (Wildman–Crippen LogP) is 1.16. The molecule has 0 radical (unpaired) electrons. The third kappa shape index (κ3) is 3.51. The first-order valence-electron chi connectivity index (χ1n) is 5.24. The van der Waals surface area contributed by atoms with Crippen LogP contribution in [-0.4, -0.2) is 24.0 Å². The zero-order chi connectivity index (χ0) is 12.0. The Labute approximate surface area is 95.0 Å². The first-order valence-corrected chi connectivity index (χ1v) is 5.24. The Morgan fingerprint density at radius 2 is 2.38 bits per heavy atom. The molecule has 5 nitrogen and oxygen atoms in total. The van der Waals surface area contributed by atoms with E-state index in [1.165, 1.54) is 13.3 Å². The predicted molar refractivity (Wildman–Crippen MR) is 62.3 cm³/mol. The summed E-state index contributed by atoms with van der Waals surface area (Å²) in [6.07, 6.45) is 3.10. The van der Waals surface area contributed by atoms with Gasteiger partial charge in [0.15, 0.2) is 0 Å². The molecule has 0 aliphatic rings. The average molecular weight is 223 g/mol. The molecule has 3 N–H and O–H groups in total. The monoisotopic (exact) mass is 223 g/mol. The standard InChI is InChI=1S/C11H17N3O2/c1-3-4-9(12)11(15)14-8-5-6-10(16-2)13-7-8/h5-7,9H,3-4,12H2,1-2H3,(H,14,15)/t9-/m1/s1. The van der Waals surface area contributed by atoms with Gasteiger partial charge in [-0.1, -0.05) is 13.3 Å². The quantitative estimate of drug-likeness (QED) is 0.785. The van der Waals surface area contributed by atoms with Crippen LogP contribution in [0.2, 0.25) is 0 Å². The van der Waals surface area contributed by atoms with Gasteiger partial charge in [-0.3, -0.25) is 4.79 Å². The van der Waals surface area contributed by atoms with Crippen molar-refractivity contribution in [2.75, 3.05) is 12.4 Å². The van der Waals surface area contributed by atoms with E-state index < -0.39 is 6.04 Å². The molecule has 16 heavy (non-hydrogen) atoms. The van der Waals surface area contributed by atoms with E-state index >= 15 is 0 Å². The number of methoxy groups -OCH3 is 1. The van der Waals surface area contributed by atoms with E-state index in [9.17, 15) is 4.79 Å². The average Bonchev–Trinajstić information content (AvgIpc) is 2.30. The fraction of sp³-hybridized carbons (Fsp3) is 0.455. The largest absolute Gasteiger partial charge is 0.481 e. The number of rotatable bonds is 5. The molecular formula is C11H17N3O2. The Morgan fingerprint density at radius 3 is 2.88 bits per heavy atom. The Bertz CT molecular complexity index is 338. The van der Waals surface area contributed by atoms with Crippen LogP contribution in [0.25, 0.3) is 0 Å². The van der Waals surface area contributed by atoms with Gasteiger partial charge in [0.2, 0.25) is 11.8 Å². The maximum Gasteiger partial charge on any atom is 0.241 e.